The normalized spacial score (nSPS) is 25.8. The Labute approximate surface area is 141 Å². The zero-order valence-corrected chi connectivity index (χ0v) is 14.3. The van der Waals surface area contributed by atoms with Gasteiger partial charge in [0.25, 0.3) is 10.0 Å². The van der Waals surface area contributed by atoms with Gasteiger partial charge in [-0.05, 0) is 68.7 Å². The van der Waals surface area contributed by atoms with E-state index in [9.17, 15) is 8.42 Å². The molecule has 1 aromatic heterocycles. The summed E-state index contributed by atoms with van der Waals surface area (Å²) < 4.78 is 38.0. The minimum Gasteiger partial charge on any atom is -0.490 e. The van der Waals surface area contributed by atoms with Gasteiger partial charge >= 0.3 is 0 Å². The Kier molecular flexibility index (Phi) is 3.75. The van der Waals surface area contributed by atoms with Gasteiger partial charge in [0.05, 0.1) is 4.90 Å². The number of rotatable bonds is 5. The second-order valence-corrected chi connectivity index (χ2v) is 8.41. The van der Waals surface area contributed by atoms with E-state index in [-0.39, 0.29) is 16.8 Å². The van der Waals surface area contributed by atoms with Crippen molar-refractivity contribution in [2.24, 2.45) is 11.8 Å². The number of aromatic nitrogens is 1. The summed E-state index contributed by atoms with van der Waals surface area (Å²) in [6.45, 7) is 1.70. The SMILES string of the molecule is Cc1cc(NS(=O)(=O)c2ccc(O[C@@H]3C[C@H]4CCC3C4)cc2)no1. The van der Waals surface area contributed by atoms with E-state index in [0.29, 0.717) is 11.7 Å². The molecule has 2 fully saturated rings. The molecule has 24 heavy (non-hydrogen) atoms. The van der Waals surface area contributed by atoms with Crippen molar-refractivity contribution in [3.63, 3.8) is 0 Å². The van der Waals surface area contributed by atoms with Crippen molar-refractivity contribution in [1.82, 2.24) is 5.16 Å². The Hall–Kier alpha value is -2.02. The van der Waals surface area contributed by atoms with E-state index in [2.05, 4.69) is 9.88 Å². The zero-order chi connectivity index (χ0) is 16.7. The average molecular weight is 348 g/mol. The lowest BCUT2D eigenvalue weighted by Gasteiger charge is -2.23. The third kappa shape index (κ3) is 3.00. The molecule has 2 aliphatic carbocycles. The number of hydrogen-bond donors (Lipinski definition) is 1. The lowest BCUT2D eigenvalue weighted by Crippen LogP contribution is -2.23. The Morgan fingerprint density at radius 2 is 2.00 bits per heavy atom. The smallest absolute Gasteiger partial charge is 0.263 e. The molecule has 0 aliphatic heterocycles. The van der Waals surface area contributed by atoms with Crippen LogP contribution in [0, 0.1) is 18.8 Å². The maximum absolute atomic E-state index is 12.3. The van der Waals surface area contributed by atoms with Crippen LogP contribution in [0.4, 0.5) is 5.82 Å². The summed E-state index contributed by atoms with van der Waals surface area (Å²) in [5, 5.41) is 3.64. The number of aryl methyl sites for hydroxylation is 1. The molecule has 7 heteroatoms. The largest absolute Gasteiger partial charge is 0.490 e. The predicted molar refractivity (Wildman–Crippen MR) is 88.4 cm³/mol. The first-order valence-corrected chi connectivity index (χ1v) is 9.71. The van der Waals surface area contributed by atoms with E-state index in [4.69, 9.17) is 9.26 Å². The fraction of sp³-hybridized carbons (Fsp3) is 0.471. The molecule has 1 aromatic carbocycles. The molecule has 2 saturated carbocycles. The Morgan fingerprint density at radius 1 is 1.21 bits per heavy atom. The Morgan fingerprint density at radius 3 is 2.58 bits per heavy atom. The molecule has 128 valence electrons. The summed E-state index contributed by atoms with van der Waals surface area (Å²) in [6, 6.07) is 8.07. The van der Waals surface area contributed by atoms with Crippen molar-refractivity contribution in [1.29, 1.82) is 0 Å². The van der Waals surface area contributed by atoms with Crippen LogP contribution in [0.25, 0.3) is 0 Å². The monoisotopic (exact) mass is 348 g/mol. The highest BCUT2D eigenvalue weighted by atomic mass is 32.2. The average Bonchev–Trinajstić information content (AvgIpc) is 3.25. The van der Waals surface area contributed by atoms with Crippen molar-refractivity contribution in [2.75, 3.05) is 4.72 Å². The summed E-state index contributed by atoms with van der Waals surface area (Å²) in [6.07, 6.45) is 5.26. The van der Waals surface area contributed by atoms with Gasteiger partial charge in [0.1, 0.15) is 17.6 Å². The molecule has 0 saturated heterocycles. The van der Waals surface area contributed by atoms with Gasteiger partial charge < -0.3 is 9.26 Å². The number of hydrogen-bond acceptors (Lipinski definition) is 5. The molecular weight excluding hydrogens is 328 g/mol. The summed E-state index contributed by atoms with van der Waals surface area (Å²) in [7, 11) is -3.68. The third-order valence-corrected chi connectivity index (χ3v) is 6.33. The number of fused-ring (bicyclic) bond motifs is 2. The first-order chi connectivity index (χ1) is 11.5. The molecule has 2 bridgehead atoms. The van der Waals surface area contributed by atoms with Gasteiger partial charge in [-0.3, -0.25) is 4.72 Å². The van der Waals surface area contributed by atoms with Crippen LogP contribution in [0.2, 0.25) is 0 Å². The molecule has 6 nitrogen and oxygen atoms in total. The van der Waals surface area contributed by atoms with Crippen molar-refractivity contribution < 1.29 is 17.7 Å². The third-order valence-electron chi connectivity index (χ3n) is 4.96. The summed E-state index contributed by atoms with van der Waals surface area (Å²) >= 11 is 0. The molecule has 0 amide bonds. The van der Waals surface area contributed by atoms with Crippen LogP contribution in [-0.2, 0) is 10.0 Å². The molecule has 1 heterocycles. The number of anilines is 1. The quantitative estimate of drug-likeness (QED) is 0.896. The van der Waals surface area contributed by atoms with Gasteiger partial charge in [0.2, 0.25) is 0 Å². The Bertz CT molecular complexity index is 829. The van der Waals surface area contributed by atoms with E-state index >= 15 is 0 Å². The lowest BCUT2D eigenvalue weighted by molar-refractivity contribution is 0.138. The molecule has 0 radical (unpaired) electrons. The highest BCUT2D eigenvalue weighted by Crippen LogP contribution is 2.46. The molecule has 3 atom stereocenters. The van der Waals surface area contributed by atoms with Crippen LogP contribution < -0.4 is 9.46 Å². The second-order valence-electron chi connectivity index (χ2n) is 6.73. The molecule has 4 rings (SSSR count). The molecule has 1 N–H and O–H groups in total. The van der Waals surface area contributed by atoms with E-state index in [1.165, 1.54) is 25.3 Å². The van der Waals surface area contributed by atoms with Crippen molar-refractivity contribution >= 4 is 15.8 Å². The van der Waals surface area contributed by atoms with Crippen molar-refractivity contribution in [3.8, 4) is 5.75 Å². The fourth-order valence-electron chi connectivity index (χ4n) is 3.81. The van der Waals surface area contributed by atoms with E-state index in [1.54, 1.807) is 31.2 Å². The number of sulfonamides is 1. The summed E-state index contributed by atoms with van der Waals surface area (Å²) in [4.78, 5) is 0.170. The second kappa shape index (κ2) is 5.81. The van der Waals surface area contributed by atoms with Crippen LogP contribution >= 0.6 is 0 Å². The van der Waals surface area contributed by atoms with Crippen LogP contribution in [0.1, 0.15) is 31.4 Å². The van der Waals surface area contributed by atoms with Crippen LogP contribution in [0.15, 0.2) is 39.8 Å². The van der Waals surface area contributed by atoms with Crippen LogP contribution in [0.5, 0.6) is 5.75 Å². The van der Waals surface area contributed by atoms with Gasteiger partial charge in [-0.25, -0.2) is 8.42 Å². The van der Waals surface area contributed by atoms with Gasteiger partial charge in [-0.1, -0.05) is 5.16 Å². The van der Waals surface area contributed by atoms with E-state index in [1.807, 2.05) is 0 Å². The van der Waals surface area contributed by atoms with Gasteiger partial charge in [-0.15, -0.1) is 0 Å². The van der Waals surface area contributed by atoms with Crippen molar-refractivity contribution in [3.05, 3.63) is 36.1 Å². The van der Waals surface area contributed by atoms with E-state index < -0.39 is 10.0 Å². The molecule has 1 unspecified atom stereocenters. The van der Waals surface area contributed by atoms with Gasteiger partial charge in [0, 0.05) is 6.07 Å². The van der Waals surface area contributed by atoms with Crippen molar-refractivity contribution in [2.45, 2.75) is 43.6 Å². The standard InChI is InChI=1S/C17H20N2O4S/c1-11-8-17(18-23-11)19-24(20,21)15-6-4-14(5-7-15)22-16-10-12-2-3-13(16)9-12/h4-8,12-13,16H,2-3,9-10H2,1H3,(H,18,19)/t12-,13?,16+/m0/s1. The lowest BCUT2D eigenvalue weighted by atomic mass is 9.98. The first kappa shape index (κ1) is 15.5. The highest BCUT2D eigenvalue weighted by molar-refractivity contribution is 7.92. The zero-order valence-electron chi connectivity index (χ0n) is 13.4. The number of nitrogens with zero attached hydrogens (tertiary/aromatic N) is 1. The maximum Gasteiger partial charge on any atom is 0.263 e. The topological polar surface area (TPSA) is 81.4 Å². The number of ether oxygens (including phenoxy) is 1. The maximum atomic E-state index is 12.3. The molecule has 2 aromatic rings. The molecule has 2 aliphatic rings. The Balaban J connectivity index is 1.45. The van der Waals surface area contributed by atoms with Crippen LogP contribution in [0.3, 0.4) is 0 Å². The van der Waals surface area contributed by atoms with E-state index in [0.717, 1.165) is 18.1 Å². The van der Waals surface area contributed by atoms with Crippen LogP contribution in [-0.4, -0.2) is 19.7 Å². The summed E-state index contributed by atoms with van der Waals surface area (Å²) in [5.41, 5.74) is 0. The predicted octanol–water partition coefficient (Wildman–Crippen LogP) is 3.35. The minimum absolute atomic E-state index is 0.170. The highest BCUT2D eigenvalue weighted by Gasteiger charge is 2.40. The first-order valence-electron chi connectivity index (χ1n) is 8.22. The number of benzene rings is 1. The van der Waals surface area contributed by atoms with Gasteiger partial charge in [0.15, 0.2) is 5.82 Å². The molecule has 0 spiro atoms. The van der Waals surface area contributed by atoms with Gasteiger partial charge in [-0.2, -0.15) is 0 Å². The molecular formula is C17H20N2O4S. The fourth-order valence-corrected chi connectivity index (χ4v) is 4.80. The summed E-state index contributed by atoms with van der Waals surface area (Å²) in [5.74, 6) is 2.92. The number of nitrogens with one attached hydrogen (secondary N) is 1. The minimum atomic E-state index is -3.68.